The van der Waals surface area contributed by atoms with Crippen molar-refractivity contribution in [3.05, 3.63) is 98.1 Å². The molecule has 0 aliphatic carbocycles. The Morgan fingerprint density at radius 3 is 2.58 bits per heavy atom. The third kappa shape index (κ3) is 4.14. The zero-order chi connectivity index (χ0) is 22.0. The highest BCUT2D eigenvalue weighted by Crippen LogP contribution is 2.34. The van der Waals surface area contributed by atoms with E-state index in [1.54, 1.807) is 24.3 Å². The lowest BCUT2D eigenvalue weighted by molar-refractivity contribution is -0.384. The molecule has 1 amide bonds. The maximum absolute atomic E-state index is 12.9. The molecule has 4 aromatic rings. The molecule has 9 heteroatoms. The van der Waals surface area contributed by atoms with E-state index in [4.69, 9.17) is 23.2 Å². The van der Waals surface area contributed by atoms with Crippen molar-refractivity contribution >= 4 is 51.9 Å². The number of nitrogens with one attached hydrogen (secondary N) is 2. The van der Waals surface area contributed by atoms with E-state index >= 15 is 0 Å². The van der Waals surface area contributed by atoms with Crippen LogP contribution in [0, 0.1) is 10.1 Å². The smallest absolute Gasteiger partial charge is 0.288 e. The van der Waals surface area contributed by atoms with Crippen LogP contribution in [0.25, 0.3) is 22.0 Å². The van der Waals surface area contributed by atoms with E-state index in [1.807, 2.05) is 30.3 Å². The molecule has 1 aromatic heterocycles. The van der Waals surface area contributed by atoms with E-state index in [0.717, 1.165) is 5.56 Å². The molecule has 0 saturated heterocycles. The number of hydrogen-bond donors (Lipinski definition) is 2. The number of hydrazone groups is 1. The Labute approximate surface area is 186 Å². The summed E-state index contributed by atoms with van der Waals surface area (Å²) in [6.07, 6.45) is 1.39. The molecule has 2 N–H and O–H groups in total. The highest BCUT2D eigenvalue weighted by atomic mass is 35.5. The summed E-state index contributed by atoms with van der Waals surface area (Å²) in [5.41, 5.74) is 5.06. The molecule has 0 spiro atoms. The van der Waals surface area contributed by atoms with Gasteiger partial charge in [-0.05, 0) is 17.7 Å². The number of fused-ring (bicyclic) bond motifs is 1. The molecule has 0 saturated carbocycles. The second kappa shape index (κ2) is 8.59. The van der Waals surface area contributed by atoms with Crippen LogP contribution in [0.1, 0.15) is 16.1 Å². The number of halogens is 2. The Balaban J connectivity index is 1.74. The molecule has 0 atom stereocenters. The molecule has 4 rings (SSSR count). The van der Waals surface area contributed by atoms with Crippen LogP contribution in [0.5, 0.6) is 0 Å². The first kappa shape index (κ1) is 20.6. The molecule has 0 aliphatic rings. The van der Waals surface area contributed by atoms with Gasteiger partial charge in [-0.1, -0.05) is 65.7 Å². The summed E-state index contributed by atoms with van der Waals surface area (Å²) in [7, 11) is 0. The van der Waals surface area contributed by atoms with Crippen LogP contribution in [0.15, 0.2) is 71.8 Å². The number of amides is 1. The van der Waals surface area contributed by atoms with Gasteiger partial charge in [0.25, 0.3) is 11.6 Å². The molecule has 7 nitrogen and oxygen atoms in total. The molecule has 154 valence electrons. The number of rotatable bonds is 5. The third-order valence-electron chi connectivity index (χ3n) is 4.63. The summed E-state index contributed by atoms with van der Waals surface area (Å²) in [5.74, 6) is -0.507. The van der Waals surface area contributed by atoms with Crippen molar-refractivity contribution in [1.82, 2.24) is 10.4 Å². The second-order valence-corrected chi connectivity index (χ2v) is 7.36. The minimum Gasteiger partial charge on any atom is -0.350 e. The van der Waals surface area contributed by atoms with Crippen molar-refractivity contribution < 1.29 is 9.72 Å². The number of hydrogen-bond acceptors (Lipinski definition) is 4. The summed E-state index contributed by atoms with van der Waals surface area (Å²) < 4.78 is 0. The number of H-pyrrole nitrogens is 1. The summed E-state index contributed by atoms with van der Waals surface area (Å²) in [5, 5.41) is 16.5. The summed E-state index contributed by atoms with van der Waals surface area (Å²) in [6.45, 7) is 0. The van der Waals surface area contributed by atoms with E-state index < -0.39 is 10.8 Å². The topological polar surface area (TPSA) is 100 Å². The average Bonchev–Trinajstić information content (AvgIpc) is 3.16. The van der Waals surface area contributed by atoms with Gasteiger partial charge >= 0.3 is 0 Å². The number of carbonyl (C=O) groups is 1. The van der Waals surface area contributed by atoms with Crippen molar-refractivity contribution in [2.45, 2.75) is 0 Å². The van der Waals surface area contributed by atoms with Crippen LogP contribution in [0.3, 0.4) is 0 Å². The first-order valence-corrected chi connectivity index (χ1v) is 9.84. The summed E-state index contributed by atoms with van der Waals surface area (Å²) >= 11 is 12.1. The SMILES string of the molecule is O=C(NN=Cc1cccc(Cl)c1Cl)c1[nH]c2ccc([N+](=O)[O-])cc2c1-c1ccccc1. The first-order chi connectivity index (χ1) is 15.0. The average molecular weight is 453 g/mol. The molecular weight excluding hydrogens is 439 g/mol. The van der Waals surface area contributed by atoms with E-state index in [-0.39, 0.29) is 11.4 Å². The minimum atomic E-state index is -0.507. The number of carbonyl (C=O) groups excluding carboxylic acids is 1. The van der Waals surface area contributed by atoms with Crippen molar-refractivity contribution in [2.75, 3.05) is 0 Å². The van der Waals surface area contributed by atoms with Gasteiger partial charge in [0.2, 0.25) is 0 Å². The number of nitro groups is 1. The number of non-ortho nitro benzene ring substituents is 1. The van der Waals surface area contributed by atoms with Gasteiger partial charge in [-0.2, -0.15) is 5.10 Å². The Morgan fingerprint density at radius 1 is 1.06 bits per heavy atom. The van der Waals surface area contributed by atoms with Crippen molar-refractivity contribution in [3.63, 3.8) is 0 Å². The molecule has 0 radical (unpaired) electrons. The molecule has 0 aliphatic heterocycles. The van der Waals surface area contributed by atoms with Gasteiger partial charge in [-0.15, -0.1) is 0 Å². The lowest BCUT2D eigenvalue weighted by Crippen LogP contribution is -2.18. The molecule has 0 fully saturated rings. The number of benzene rings is 3. The highest BCUT2D eigenvalue weighted by molar-refractivity contribution is 6.43. The largest absolute Gasteiger partial charge is 0.350 e. The zero-order valence-corrected chi connectivity index (χ0v) is 17.3. The fourth-order valence-electron chi connectivity index (χ4n) is 3.20. The van der Waals surface area contributed by atoms with Gasteiger partial charge in [-0.3, -0.25) is 14.9 Å². The number of aromatic amines is 1. The molecule has 0 unspecified atom stereocenters. The van der Waals surface area contributed by atoms with Crippen LogP contribution in [-0.4, -0.2) is 22.0 Å². The number of aromatic nitrogens is 1. The number of nitrogens with zero attached hydrogens (tertiary/aromatic N) is 2. The predicted molar refractivity (Wildman–Crippen MR) is 122 cm³/mol. The van der Waals surface area contributed by atoms with Crippen molar-refractivity contribution in [1.29, 1.82) is 0 Å². The third-order valence-corrected chi connectivity index (χ3v) is 5.47. The zero-order valence-electron chi connectivity index (χ0n) is 15.8. The Hall–Kier alpha value is -3.68. The van der Waals surface area contributed by atoms with Gasteiger partial charge in [-0.25, -0.2) is 5.43 Å². The minimum absolute atomic E-state index is 0.0655. The lowest BCUT2D eigenvalue weighted by Gasteiger charge is -2.05. The second-order valence-electron chi connectivity index (χ2n) is 6.57. The fourth-order valence-corrected chi connectivity index (χ4v) is 3.56. The van der Waals surface area contributed by atoms with E-state index in [9.17, 15) is 14.9 Å². The van der Waals surface area contributed by atoms with Gasteiger partial charge in [0.05, 0.1) is 21.2 Å². The maximum Gasteiger partial charge on any atom is 0.288 e. The lowest BCUT2D eigenvalue weighted by atomic mass is 10.0. The standard InChI is InChI=1S/C22H14Cl2N4O3/c23-17-8-4-7-14(20(17)24)12-25-27-22(29)21-19(13-5-2-1-3-6-13)16-11-15(28(30)31)9-10-18(16)26-21/h1-12,26H,(H,27,29). The maximum atomic E-state index is 12.9. The van der Waals surface area contributed by atoms with Crippen LogP contribution < -0.4 is 5.43 Å². The monoisotopic (exact) mass is 452 g/mol. The Bertz CT molecular complexity index is 1330. The van der Waals surface area contributed by atoms with Crippen LogP contribution >= 0.6 is 23.2 Å². The molecule has 1 heterocycles. The fraction of sp³-hybridized carbons (Fsp3) is 0. The first-order valence-electron chi connectivity index (χ1n) is 9.08. The predicted octanol–water partition coefficient (Wildman–Crippen LogP) is 5.81. The van der Waals surface area contributed by atoms with E-state index in [2.05, 4.69) is 15.5 Å². The van der Waals surface area contributed by atoms with Gasteiger partial charge in [0.15, 0.2) is 0 Å². The number of nitro benzene ring substituents is 1. The Morgan fingerprint density at radius 2 is 1.84 bits per heavy atom. The summed E-state index contributed by atoms with van der Waals surface area (Å²) in [6, 6.07) is 18.6. The summed E-state index contributed by atoms with van der Waals surface area (Å²) in [4.78, 5) is 26.7. The molecule has 31 heavy (non-hydrogen) atoms. The van der Waals surface area contributed by atoms with Gasteiger partial charge in [0, 0.05) is 34.2 Å². The highest BCUT2D eigenvalue weighted by Gasteiger charge is 2.21. The molecular formula is C22H14Cl2N4O3. The van der Waals surface area contributed by atoms with Gasteiger partial charge < -0.3 is 4.98 Å². The van der Waals surface area contributed by atoms with Gasteiger partial charge in [0.1, 0.15) is 5.69 Å². The normalized spacial score (nSPS) is 11.2. The van der Waals surface area contributed by atoms with Crippen LogP contribution in [-0.2, 0) is 0 Å². The molecule has 3 aromatic carbocycles. The Kier molecular flexibility index (Phi) is 5.70. The van der Waals surface area contributed by atoms with Crippen LogP contribution in [0.2, 0.25) is 10.0 Å². The van der Waals surface area contributed by atoms with Crippen molar-refractivity contribution in [3.8, 4) is 11.1 Å². The quantitative estimate of drug-likeness (QED) is 0.226. The molecule has 0 bridgehead atoms. The van der Waals surface area contributed by atoms with E-state index in [0.29, 0.717) is 32.1 Å². The van der Waals surface area contributed by atoms with E-state index in [1.165, 1.54) is 18.3 Å². The van der Waals surface area contributed by atoms with Crippen LogP contribution in [0.4, 0.5) is 5.69 Å². The van der Waals surface area contributed by atoms with Crippen molar-refractivity contribution in [2.24, 2.45) is 5.10 Å².